The molecule has 4 N–H and O–H groups in total. The van der Waals surface area contributed by atoms with Crippen LogP contribution in [0.15, 0.2) is 48.5 Å². The van der Waals surface area contributed by atoms with Crippen LogP contribution in [0, 0.1) is 6.92 Å². The zero-order chi connectivity index (χ0) is 16.8. The standard InChI is InChI=1S/C17H17N3O2S/c1-11-6-2-3-7-12(11)10-15(21)20-17(23)19-14-9-5-4-8-13(14)16(18)22/h2-9H,10H2,1H3,(H2,18,22)(H2,19,20,21,23). The first-order valence-corrected chi connectivity index (χ1v) is 7.42. The average molecular weight is 327 g/mol. The summed E-state index contributed by atoms with van der Waals surface area (Å²) in [5.74, 6) is -0.796. The highest BCUT2D eigenvalue weighted by atomic mass is 32.1. The second kappa shape index (κ2) is 7.51. The van der Waals surface area contributed by atoms with Crippen LogP contribution >= 0.6 is 12.2 Å². The number of nitrogens with one attached hydrogen (secondary N) is 2. The summed E-state index contributed by atoms with van der Waals surface area (Å²) in [6, 6.07) is 14.3. The summed E-state index contributed by atoms with van der Waals surface area (Å²) in [5, 5.41) is 5.54. The molecule has 0 saturated carbocycles. The lowest BCUT2D eigenvalue weighted by atomic mass is 10.1. The average Bonchev–Trinajstić information content (AvgIpc) is 2.49. The quantitative estimate of drug-likeness (QED) is 0.751. The third-order valence-electron chi connectivity index (χ3n) is 3.31. The molecule has 0 aliphatic heterocycles. The van der Waals surface area contributed by atoms with Crippen molar-refractivity contribution in [3.05, 3.63) is 65.2 Å². The van der Waals surface area contributed by atoms with E-state index in [1.54, 1.807) is 24.3 Å². The van der Waals surface area contributed by atoms with Gasteiger partial charge in [-0.25, -0.2) is 0 Å². The molecular formula is C17H17N3O2S. The molecule has 0 atom stereocenters. The molecule has 5 nitrogen and oxygen atoms in total. The highest BCUT2D eigenvalue weighted by Gasteiger charge is 2.11. The van der Waals surface area contributed by atoms with Crippen LogP contribution < -0.4 is 16.4 Å². The van der Waals surface area contributed by atoms with E-state index in [1.807, 2.05) is 31.2 Å². The van der Waals surface area contributed by atoms with E-state index in [2.05, 4.69) is 10.6 Å². The van der Waals surface area contributed by atoms with Crippen LogP contribution in [0.1, 0.15) is 21.5 Å². The van der Waals surface area contributed by atoms with Crippen LogP contribution in [0.5, 0.6) is 0 Å². The molecule has 2 aromatic rings. The van der Waals surface area contributed by atoms with Gasteiger partial charge in [-0.3, -0.25) is 9.59 Å². The topological polar surface area (TPSA) is 84.2 Å². The van der Waals surface area contributed by atoms with Gasteiger partial charge >= 0.3 is 0 Å². The first-order chi connectivity index (χ1) is 11.0. The molecule has 0 fully saturated rings. The number of thiocarbonyl (C=S) groups is 1. The lowest BCUT2D eigenvalue weighted by Gasteiger charge is -2.12. The van der Waals surface area contributed by atoms with Gasteiger partial charge in [0.05, 0.1) is 17.7 Å². The molecule has 0 saturated heterocycles. The number of benzene rings is 2. The third kappa shape index (κ3) is 4.62. The van der Waals surface area contributed by atoms with Gasteiger partial charge in [-0.15, -0.1) is 0 Å². The van der Waals surface area contributed by atoms with Crippen LogP contribution in [0.4, 0.5) is 5.69 Å². The number of primary amides is 1. The molecule has 2 rings (SSSR count). The van der Waals surface area contributed by atoms with Crippen LogP contribution in [-0.2, 0) is 11.2 Å². The fourth-order valence-electron chi connectivity index (χ4n) is 2.11. The van der Waals surface area contributed by atoms with Crippen molar-refractivity contribution in [2.45, 2.75) is 13.3 Å². The van der Waals surface area contributed by atoms with Gasteiger partial charge in [0, 0.05) is 0 Å². The summed E-state index contributed by atoms with van der Waals surface area (Å²) in [7, 11) is 0. The Labute approximate surface area is 139 Å². The number of hydrogen-bond acceptors (Lipinski definition) is 3. The van der Waals surface area contributed by atoms with E-state index < -0.39 is 5.91 Å². The van der Waals surface area contributed by atoms with Gasteiger partial charge in [0.25, 0.3) is 5.91 Å². The van der Waals surface area contributed by atoms with Gasteiger partial charge in [0.1, 0.15) is 0 Å². The SMILES string of the molecule is Cc1ccccc1CC(=O)NC(=S)Nc1ccccc1C(N)=O. The number of anilines is 1. The predicted molar refractivity (Wildman–Crippen MR) is 94.2 cm³/mol. The largest absolute Gasteiger partial charge is 0.366 e. The summed E-state index contributed by atoms with van der Waals surface area (Å²) < 4.78 is 0. The van der Waals surface area contributed by atoms with Gasteiger partial charge < -0.3 is 16.4 Å². The van der Waals surface area contributed by atoms with Crippen molar-refractivity contribution >= 4 is 34.8 Å². The molecule has 2 amide bonds. The zero-order valence-electron chi connectivity index (χ0n) is 12.6. The Morgan fingerprint density at radius 1 is 1.09 bits per heavy atom. The predicted octanol–water partition coefficient (Wildman–Crippen LogP) is 2.15. The number of carbonyl (C=O) groups is 2. The molecule has 23 heavy (non-hydrogen) atoms. The maximum absolute atomic E-state index is 12.1. The van der Waals surface area contributed by atoms with Crippen LogP contribution in [0.25, 0.3) is 0 Å². The molecule has 0 radical (unpaired) electrons. The second-order valence-corrected chi connectivity index (χ2v) is 5.42. The minimum atomic E-state index is -0.567. The maximum atomic E-state index is 12.1. The maximum Gasteiger partial charge on any atom is 0.250 e. The normalized spacial score (nSPS) is 9.96. The first kappa shape index (κ1) is 16.6. The second-order valence-electron chi connectivity index (χ2n) is 5.02. The molecule has 0 aliphatic rings. The summed E-state index contributed by atoms with van der Waals surface area (Å²) >= 11 is 5.11. The summed E-state index contributed by atoms with van der Waals surface area (Å²) in [6.45, 7) is 1.95. The summed E-state index contributed by atoms with van der Waals surface area (Å²) in [5.41, 5.74) is 8.05. The van der Waals surface area contributed by atoms with Crippen molar-refractivity contribution in [2.24, 2.45) is 5.73 Å². The number of rotatable bonds is 4. The highest BCUT2D eigenvalue weighted by molar-refractivity contribution is 7.80. The van der Waals surface area contributed by atoms with E-state index in [9.17, 15) is 9.59 Å². The molecular weight excluding hydrogens is 310 g/mol. The number of nitrogens with two attached hydrogens (primary N) is 1. The molecule has 0 aliphatic carbocycles. The van der Waals surface area contributed by atoms with Gasteiger partial charge in [-0.2, -0.15) is 0 Å². The monoisotopic (exact) mass is 327 g/mol. The Balaban J connectivity index is 1.99. The number of aryl methyl sites for hydroxylation is 1. The number of carbonyl (C=O) groups excluding carboxylic acids is 2. The van der Waals surface area contributed by atoms with E-state index in [1.165, 1.54) is 0 Å². The van der Waals surface area contributed by atoms with E-state index in [4.69, 9.17) is 18.0 Å². The Morgan fingerprint density at radius 2 is 1.74 bits per heavy atom. The molecule has 0 bridgehead atoms. The van der Waals surface area contributed by atoms with Crippen molar-refractivity contribution in [3.63, 3.8) is 0 Å². The summed E-state index contributed by atoms with van der Waals surface area (Å²) in [6.07, 6.45) is 0.228. The number of amides is 2. The van der Waals surface area contributed by atoms with Crippen molar-refractivity contribution in [1.82, 2.24) is 5.32 Å². The Bertz CT molecular complexity index is 759. The van der Waals surface area contributed by atoms with Crippen LogP contribution in [-0.4, -0.2) is 16.9 Å². The zero-order valence-corrected chi connectivity index (χ0v) is 13.4. The van der Waals surface area contributed by atoms with E-state index in [0.717, 1.165) is 11.1 Å². The molecule has 0 unspecified atom stereocenters. The molecule has 118 valence electrons. The molecule has 0 aromatic heterocycles. The van der Waals surface area contributed by atoms with Crippen molar-refractivity contribution < 1.29 is 9.59 Å². The van der Waals surface area contributed by atoms with E-state index >= 15 is 0 Å². The number of para-hydroxylation sites is 1. The van der Waals surface area contributed by atoms with Gasteiger partial charge in [-0.1, -0.05) is 36.4 Å². The van der Waals surface area contributed by atoms with Crippen molar-refractivity contribution in [1.29, 1.82) is 0 Å². The van der Waals surface area contributed by atoms with Crippen LogP contribution in [0.2, 0.25) is 0 Å². The minimum absolute atomic E-state index is 0.122. The Kier molecular flexibility index (Phi) is 5.43. The molecule has 6 heteroatoms. The van der Waals surface area contributed by atoms with Gasteiger partial charge in [-0.05, 0) is 42.4 Å². The minimum Gasteiger partial charge on any atom is -0.366 e. The van der Waals surface area contributed by atoms with Gasteiger partial charge in [0.2, 0.25) is 5.91 Å². The highest BCUT2D eigenvalue weighted by Crippen LogP contribution is 2.14. The van der Waals surface area contributed by atoms with Crippen LogP contribution in [0.3, 0.4) is 0 Å². The van der Waals surface area contributed by atoms with Crippen molar-refractivity contribution in [2.75, 3.05) is 5.32 Å². The molecule has 2 aromatic carbocycles. The Morgan fingerprint density at radius 3 is 2.43 bits per heavy atom. The number of hydrogen-bond donors (Lipinski definition) is 3. The lowest BCUT2D eigenvalue weighted by Crippen LogP contribution is -2.35. The fourth-order valence-corrected chi connectivity index (χ4v) is 2.34. The third-order valence-corrected chi connectivity index (χ3v) is 3.51. The summed E-state index contributed by atoms with van der Waals surface area (Å²) in [4.78, 5) is 23.4. The lowest BCUT2D eigenvalue weighted by molar-refractivity contribution is -0.119. The van der Waals surface area contributed by atoms with Crippen molar-refractivity contribution in [3.8, 4) is 0 Å². The Hall–Kier alpha value is -2.73. The van der Waals surface area contributed by atoms with Gasteiger partial charge in [0.15, 0.2) is 5.11 Å². The van der Waals surface area contributed by atoms with E-state index in [-0.39, 0.29) is 17.4 Å². The first-order valence-electron chi connectivity index (χ1n) is 7.01. The smallest absolute Gasteiger partial charge is 0.250 e. The van der Waals surface area contributed by atoms with E-state index in [0.29, 0.717) is 11.3 Å². The molecule has 0 spiro atoms. The molecule has 0 heterocycles. The fraction of sp³-hybridized carbons (Fsp3) is 0.118.